The number of benzene rings is 2. The van der Waals surface area contributed by atoms with Gasteiger partial charge >= 0.3 is 5.76 Å². The Morgan fingerprint density at radius 2 is 2.04 bits per heavy atom. The molecule has 0 unspecified atom stereocenters. The minimum atomic E-state index is -0.500. The van der Waals surface area contributed by atoms with Crippen LogP contribution >= 0.6 is 0 Å². The maximum Gasteiger partial charge on any atom is 0.419 e. The van der Waals surface area contributed by atoms with Crippen molar-refractivity contribution < 1.29 is 13.6 Å². The number of carbonyl (C=O) groups is 1. The van der Waals surface area contributed by atoms with Gasteiger partial charge in [0.15, 0.2) is 5.58 Å². The summed E-state index contributed by atoms with van der Waals surface area (Å²) in [5, 5.41) is 2.62. The minimum Gasteiger partial charge on any atom is -0.408 e. The Morgan fingerprint density at radius 3 is 2.83 bits per heavy atom. The lowest BCUT2D eigenvalue weighted by molar-refractivity contribution is -0.116. The SMILES string of the molecule is Cc1ccc(NC(=O)CCn2c(=O)oc3ccccc32)cc1F. The van der Waals surface area contributed by atoms with Gasteiger partial charge in [-0.1, -0.05) is 18.2 Å². The van der Waals surface area contributed by atoms with Crippen LogP contribution in [0, 0.1) is 12.7 Å². The number of rotatable bonds is 4. The number of nitrogens with zero attached hydrogens (tertiary/aromatic N) is 1. The van der Waals surface area contributed by atoms with E-state index in [1.165, 1.54) is 10.6 Å². The second kappa shape index (κ2) is 6.08. The summed E-state index contributed by atoms with van der Waals surface area (Å²) < 4.78 is 20.0. The van der Waals surface area contributed by atoms with Crippen LogP contribution in [0.15, 0.2) is 51.7 Å². The van der Waals surface area contributed by atoms with E-state index in [2.05, 4.69) is 5.32 Å². The summed E-state index contributed by atoms with van der Waals surface area (Å²) in [6, 6.07) is 11.5. The average molecular weight is 314 g/mol. The zero-order valence-electron chi connectivity index (χ0n) is 12.5. The number of hydrogen-bond acceptors (Lipinski definition) is 3. The Balaban J connectivity index is 1.70. The lowest BCUT2D eigenvalue weighted by atomic mass is 10.2. The van der Waals surface area contributed by atoms with Crippen molar-refractivity contribution >= 4 is 22.7 Å². The minimum absolute atomic E-state index is 0.0823. The molecule has 0 aliphatic carbocycles. The second-order valence-corrected chi connectivity index (χ2v) is 5.25. The van der Waals surface area contributed by atoms with Crippen molar-refractivity contribution in [2.45, 2.75) is 19.9 Å². The molecule has 0 radical (unpaired) electrons. The van der Waals surface area contributed by atoms with E-state index in [0.717, 1.165) is 0 Å². The van der Waals surface area contributed by atoms with Crippen molar-refractivity contribution in [1.29, 1.82) is 0 Å². The first kappa shape index (κ1) is 15.0. The molecule has 0 saturated heterocycles. The van der Waals surface area contributed by atoms with Gasteiger partial charge in [0.2, 0.25) is 5.91 Å². The molecular weight excluding hydrogens is 299 g/mol. The Bertz CT molecular complexity index is 927. The van der Waals surface area contributed by atoms with E-state index in [-0.39, 0.29) is 24.7 Å². The third kappa shape index (κ3) is 3.15. The lowest BCUT2D eigenvalue weighted by Gasteiger charge is -2.06. The van der Waals surface area contributed by atoms with Crippen LogP contribution < -0.4 is 11.1 Å². The quantitative estimate of drug-likeness (QED) is 0.805. The van der Waals surface area contributed by atoms with Gasteiger partial charge in [-0.3, -0.25) is 9.36 Å². The number of aromatic nitrogens is 1. The van der Waals surface area contributed by atoms with Crippen LogP contribution in [0.4, 0.5) is 10.1 Å². The van der Waals surface area contributed by atoms with Crippen LogP contribution in [0.1, 0.15) is 12.0 Å². The first-order valence-corrected chi connectivity index (χ1v) is 7.19. The topological polar surface area (TPSA) is 64.2 Å². The maximum atomic E-state index is 13.5. The summed E-state index contributed by atoms with van der Waals surface area (Å²) >= 11 is 0. The van der Waals surface area contributed by atoms with E-state index in [9.17, 15) is 14.0 Å². The molecule has 5 nitrogen and oxygen atoms in total. The van der Waals surface area contributed by atoms with Gasteiger partial charge < -0.3 is 9.73 Å². The van der Waals surface area contributed by atoms with Crippen LogP contribution in [0.25, 0.3) is 11.1 Å². The molecule has 6 heteroatoms. The predicted octanol–water partition coefficient (Wildman–Crippen LogP) is 3.07. The maximum absolute atomic E-state index is 13.5. The normalized spacial score (nSPS) is 10.9. The molecule has 0 saturated carbocycles. The van der Waals surface area contributed by atoms with Gasteiger partial charge in [-0.25, -0.2) is 9.18 Å². The van der Waals surface area contributed by atoms with Gasteiger partial charge in [-0.15, -0.1) is 0 Å². The van der Waals surface area contributed by atoms with Crippen molar-refractivity contribution in [2.75, 3.05) is 5.32 Å². The number of carbonyl (C=O) groups excluding carboxylic acids is 1. The highest BCUT2D eigenvalue weighted by atomic mass is 19.1. The van der Waals surface area contributed by atoms with E-state index in [1.54, 1.807) is 43.3 Å². The molecule has 2 aromatic carbocycles. The lowest BCUT2D eigenvalue weighted by Crippen LogP contribution is -2.19. The van der Waals surface area contributed by atoms with E-state index >= 15 is 0 Å². The second-order valence-electron chi connectivity index (χ2n) is 5.25. The fourth-order valence-electron chi connectivity index (χ4n) is 2.33. The molecule has 0 atom stereocenters. The molecule has 118 valence electrons. The molecule has 3 aromatic rings. The number of amides is 1. The predicted molar refractivity (Wildman–Crippen MR) is 84.9 cm³/mol. The molecule has 1 heterocycles. The van der Waals surface area contributed by atoms with Gasteiger partial charge in [0.25, 0.3) is 0 Å². The van der Waals surface area contributed by atoms with Gasteiger partial charge in [0, 0.05) is 18.7 Å². The molecule has 0 aliphatic rings. The van der Waals surface area contributed by atoms with Crippen molar-refractivity contribution in [3.05, 3.63) is 64.4 Å². The summed E-state index contributed by atoms with van der Waals surface area (Å²) in [7, 11) is 0. The Hall–Kier alpha value is -2.89. The van der Waals surface area contributed by atoms with Crippen LogP contribution in [0.5, 0.6) is 0 Å². The number of anilines is 1. The molecular formula is C17H15FN2O3. The molecule has 1 N–H and O–H groups in total. The number of hydrogen-bond donors (Lipinski definition) is 1. The van der Waals surface area contributed by atoms with Crippen molar-refractivity contribution in [3.8, 4) is 0 Å². The highest BCUT2D eigenvalue weighted by Gasteiger charge is 2.11. The number of oxazole rings is 1. The Labute approximate surface area is 131 Å². The van der Waals surface area contributed by atoms with Crippen molar-refractivity contribution in [3.63, 3.8) is 0 Å². The van der Waals surface area contributed by atoms with Crippen LogP contribution in [-0.4, -0.2) is 10.5 Å². The largest absolute Gasteiger partial charge is 0.419 e. The monoisotopic (exact) mass is 314 g/mol. The first-order chi connectivity index (χ1) is 11.0. The Kier molecular flexibility index (Phi) is 3.97. The molecule has 1 aromatic heterocycles. The van der Waals surface area contributed by atoms with Crippen LogP contribution in [0.3, 0.4) is 0 Å². The zero-order valence-corrected chi connectivity index (χ0v) is 12.5. The smallest absolute Gasteiger partial charge is 0.408 e. The Morgan fingerprint density at radius 1 is 1.26 bits per heavy atom. The van der Waals surface area contributed by atoms with E-state index < -0.39 is 5.76 Å². The fraction of sp³-hybridized carbons (Fsp3) is 0.176. The molecule has 0 fully saturated rings. The van der Waals surface area contributed by atoms with Crippen molar-refractivity contribution in [2.24, 2.45) is 0 Å². The number of aryl methyl sites for hydroxylation is 2. The molecule has 1 amide bonds. The molecule has 3 rings (SSSR count). The third-order valence-electron chi connectivity index (χ3n) is 3.59. The number of halogens is 1. The molecule has 0 bridgehead atoms. The molecule has 0 spiro atoms. The van der Waals surface area contributed by atoms with Crippen LogP contribution in [-0.2, 0) is 11.3 Å². The zero-order chi connectivity index (χ0) is 16.4. The van der Waals surface area contributed by atoms with Gasteiger partial charge in [0.05, 0.1) is 5.52 Å². The van der Waals surface area contributed by atoms with E-state index in [4.69, 9.17) is 4.42 Å². The van der Waals surface area contributed by atoms with Crippen molar-refractivity contribution in [1.82, 2.24) is 4.57 Å². The van der Waals surface area contributed by atoms with Crippen LogP contribution in [0.2, 0.25) is 0 Å². The number of nitrogens with one attached hydrogen (secondary N) is 1. The summed E-state index contributed by atoms with van der Waals surface area (Å²) in [5.41, 5.74) is 2.03. The highest BCUT2D eigenvalue weighted by molar-refractivity contribution is 5.90. The number of para-hydroxylation sites is 2. The van der Waals surface area contributed by atoms with E-state index in [1.807, 2.05) is 0 Å². The summed E-state index contributed by atoms with van der Waals surface area (Å²) in [5.74, 6) is -1.18. The molecule has 23 heavy (non-hydrogen) atoms. The fourth-order valence-corrected chi connectivity index (χ4v) is 2.33. The first-order valence-electron chi connectivity index (χ1n) is 7.19. The number of fused-ring (bicyclic) bond motifs is 1. The standard InChI is InChI=1S/C17H15FN2O3/c1-11-6-7-12(10-13(11)18)19-16(21)8-9-20-14-4-2-3-5-15(14)23-17(20)22/h2-7,10H,8-9H2,1H3,(H,19,21). The summed E-state index contributed by atoms with van der Waals surface area (Å²) in [4.78, 5) is 23.8. The highest BCUT2D eigenvalue weighted by Crippen LogP contribution is 2.15. The van der Waals surface area contributed by atoms with Gasteiger partial charge in [-0.2, -0.15) is 0 Å². The third-order valence-corrected chi connectivity index (χ3v) is 3.59. The van der Waals surface area contributed by atoms with E-state index in [0.29, 0.717) is 22.4 Å². The van der Waals surface area contributed by atoms with Gasteiger partial charge in [-0.05, 0) is 36.8 Å². The summed E-state index contributed by atoms with van der Waals surface area (Å²) in [6.45, 7) is 1.84. The summed E-state index contributed by atoms with van der Waals surface area (Å²) in [6.07, 6.45) is 0.0823. The average Bonchev–Trinajstić information content (AvgIpc) is 2.84. The molecule has 0 aliphatic heterocycles. The van der Waals surface area contributed by atoms with Gasteiger partial charge in [0.1, 0.15) is 5.82 Å².